The number of hydrogen-bond acceptors (Lipinski definition) is 2. The van der Waals surface area contributed by atoms with E-state index in [0.29, 0.717) is 38.8 Å². The molecule has 0 aliphatic carbocycles. The van der Waals surface area contributed by atoms with Gasteiger partial charge < -0.3 is 5.32 Å². The van der Waals surface area contributed by atoms with Gasteiger partial charge in [-0.1, -0.05) is 13.3 Å². The molecule has 2 nitrogen and oxygen atoms in total. The maximum Gasteiger partial charge on any atom is 0.276 e. The fourth-order valence-corrected chi connectivity index (χ4v) is 3.69. The van der Waals surface area contributed by atoms with E-state index >= 15 is 0 Å². The Morgan fingerprint density at radius 1 is 1.25 bits per heavy atom. The maximum absolute atomic E-state index is 13.9. The molecule has 0 aromatic rings. The van der Waals surface area contributed by atoms with E-state index in [1.54, 1.807) is 4.90 Å². The van der Waals surface area contributed by atoms with Crippen LogP contribution in [0.5, 0.6) is 0 Å². The van der Waals surface area contributed by atoms with E-state index in [2.05, 4.69) is 5.32 Å². The molecular weight excluding hydrogens is 272 g/mol. The third-order valence-corrected chi connectivity index (χ3v) is 5.04. The molecular formula is C14H24F4N2. The van der Waals surface area contributed by atoms with Crippen LogP contribution in [-0.4, -0.2) is 49.0 Å². The summed E-state index contributed by atoms with van der Waals surface area (Å²) >= 11 is 0. The van der Waals surface area contributed by atoms with E-state index in [0.717, 1.165) is 6.92 Å². The van der Waals surface area contributed by atoms with E-state index in [1.165, 1.54) is 0 Å². The van der Waals surface area contributed by atoms with Crippen molar-refractivity contribution >= 4 is 0 Å². The molecule has 0 spiro atoms. The van der Waals surface area contributed by atoms with Crippen LogP contribution in [0.15, 0.2) is 0 Å². The predicted octanol–water partition coefficient (Wildman–Crippen LogP) is 3.13. The zero-order chi connectivity index (χ0) is 15.0. The Labute approximate surface area is 117 Å². The Kier molecular flexibility index (Phi) is 4.36. The number of rotatable bonds is 4. The van der Waals surface area contributed by atoms with Gasteiger partial charge >= 0.3 is 0 Å². The third-order valence-electron chi connectivity index (χ3n) is 5.04. The predicted molar refractivity (Wildman–Crippen MR) is 70.4 cm³/mol. The summed E-state index contributed by atoms with van der Waals surface area (Å²) in [4.78, 5) is 1.69. The molecule has 6 heteroatoms. The number of likely N-dealkylation sites (tertiary alicyclic amines) is 1. The second-order valence-corrected chi connectivity index (χ2v) is 6.36. The largest absolute Gasteiger partial charge is 0.309 e. The van der Waals surface area contributed by atoms with Crippen LogP contribution in [0.4, 0.5) is 17.6 Å². The Morgan fingerprint density at radius 3 is 2.25 bits per heavy atom. The highest BCUT2D eigenvalue weighted by molar-refractivity contribution is 5.00. The summed E-state index contributed by atoms with van der Waals surface area (Å²) in [5.41, 5.74) is -1.01. The van der Waals surface area contributed by atoms with Crippen molar-refractivity contribution in [3.8, 4) is 0 Å². The lowest BCUT2D eigenvalue weighted by molar-refractivity contribution is -0.148. The average molecular weight is 296 g/mol. The lowest BCUT2D eigenvalue weighted by atomic mass is 9.70. The van der Waals surface area contributed by atoms with Gasteiger partial charge in [-0.2, -0.15) is 0 Å². The monoisotopic (exact) mass is 296 g/mol. The normalized spacial score (nSPS) is 30.6. The number of nitrogens with one attached hydrogen (secondary N) is 1. The van der Waals surface area contributed by atoms with E-state index in [-0.39, 0.29) is 13.1 Å². The van der Waals surface area contributed by atoms with Crippen LogP contribution in [0, 0.1) is 5.41 Å². The molecule has 0 aromatic carbocycles. The summed E-state index contributed by atoms with van der Waals surface area (Å²) in [6, 6.07) is -0.840. The second kappa shape index (κ2) is 5.44. The van der Waals surface area contributed by atoms with Crippen LogP contribution >= 0.6 is 0 Å². The molecule has 0 bridgehead atoms. The molecule has 1 N–H and O–H groups in total. The Morgan fingerprint density at radius 2 is 1.85 bits per heavy atom. The molecule has 0 saturated carbocycles. The molecule has 2 aliphatic heterocycles. The molecule has 1 atom stereocenters. The number of halogens is 4. The molecule has 1 unspecified atom stereocenters. The van der Waals surface area contributed by atoms with Gasteiger partial charge in [0, 0.05) is 12.0 Å². The molecule has 2 saturated heterocycles. The fraction of sp³-hybridized carbons (Fsp3) is 1.00. The van der Waals surface area contributed by atoms with Crippen LogP contribution in [0.1, 0.15) is 39.5 Å². The third kappa shape index (κ3) is 2.82. The summed E-state index contributed by atoms with van der Waals surface area (Å²) in [5.74, 6) is -5.50. The summed E-state index contributed by atoms with van der Waals surface area (Å²) < 4.78 is 55.3. The minimum Gasteiger partial charge on any atom is -0.309 e. The SMILES string of the molecule is CCCC1(C(C)(F)F)CCN(C2CNCC2(F)F)CC1. The molecule has 0 amide bonds. The standard InChI is InChI=1S/C14H24F4N2/c1-3-4-13(12(2,15)16)5-7-20(8-6-13)11-9-19-10-14(11,17)18/h11,19H,3-10H2,1-2H3. The van der Waals surface area contributed by atoms with Crippen molar-refractivity contribution in [2.24, 2.45) is 5.41 Å². The molecule has 20 heavy (non-hydrogen) atoms. The van der Waals surface area contributed by atoms with Crippen molar-refractivity contribution in [3.05, 3.63) is 0 Å². The van der Waals surface area contributed by atoms with E-state index < -0.39 is 23.3 Å². The molecule has 118 valence electrons. The molecule has 2 aliphatic rings. The van der Waals surface area contributed by atoms with E-state index in [4.69, 9.17) is 0 Å². The smallest absolute Gasteiger partial charge is 0.276 e. The maximum atomic E-state index is 13.9. The highest BCUT2D eigenvalue weighted by Crippen LogP contribution is 2.49. The van der Waals surface area contributed by atoms with Gasteiger partial charge in [0.05, 0.1) is 12.6 Å². The van der Waals surface area contributed by atoms with Gasteiger partial charge in [-0.3, -0.25) is 4.90 Å². The molecule has 2 rings (SSSR count). The topological polar surface area (TPSA) is 15.3 Å². The van der Waals surface area contributed by atoms with Crippen molar-refractivity contribution in [3.63, 3.8) is 0 Å². The number of alkyl halides is 4. The van der Waals surface area contributed by atoms with Crippen molar-refractivity contribution < 1.29 is 17.6 Å². The van der Waals surface area contributed by atoms with Gasteiger partial charge in [0.15, 0.2) is 0 Å². The number of hydrogen-bond donors (Lipinski definition) is 1. The summed E-state index contributed by atoms with van der Waals surface area (Å²) in [7, 11) is 0. The Hall–Kier alpha value is -0.360. The van der Waals surface area contributed by atoms with Gasteiger partial charge in [0.2, 0.25) is 0 Å². The lowest BCUT2D eigenvalue weighted by Crippen LogP contribution is -2.55. The number of nitrogens with zero attached hydrogens (tertiary/aromatic N) is 1. The molecule has 0 radical (unpaired) electrons. The lowest BCUT2D eigenvalue weighted by Gasteiger charge is -2.47. The van der Waals surface area contributed by atoms with Crippen molar-refractivity contribution in [1.29, 1.82) is 0 Å². The highest BCUT2D eigenvalue weighted by Gasteiger charge is 2.53. The molecule has 2 heterocycles. The first-order valence-electron chi connectivity index (χ1n) is 7.42. The van der Waals surface area contributed by atoms with Gasteiger partial charge in [0.25, 0.3) is 11.8 Å². The van der Waals surface area contributed by atoms with E-state index in [9.17, 15) is 17.6 Å². The number of piperidine rings is 1. The van der Waals surface area contributed by atoms with Gasteiger partial charge in [0.1, 0.15) is 0 Å². The first-order chi connectivity index (χ1) is 9.22. The van der Waals surface area contributed by atoms with Crippen LogP contribution in [0.2, 0.25) is 0 Å². The first-order valence-corrected chi connectivity index (χ1v) is 7.42. The van der Waals surface area contributed by atoms with Gasteiger partial charge in [-0.15, -0.1) is 0 Å². The molecule has 2 fully saturated rings. The summed E-state index contributed by atoms with van der Waals surface area (Å²) in [5, 5.41) is 2.70. The van der Waals surface area contributed by atoms with E-state index in [1.807, 2.05) is 6.92 Å². The minimum absolute atomic E-state index is 0.246. The zero-order valence-electron chi connectivity index (χ0n) is 12.2. The zero-order valence-corrected chi connectivity index (χ0v) is 12.2. The van der Waals surface area contributed by atoms with Gasteiger partial charge in [-0.25, -0.2) is 17.6 Å². The average Bonchev–Trinajstić information content (AvgIpc) is 2.69. The summed E-state index contributed by atoms with van der Waals surface area (Å²) in [6.07, 6.45) is 1.77. The van der Waals surface area contributed by atoms with Crippen molar-refractivity contribution in [1.82, 2.24) is 10.2 Å². The first kappa shape index (κ1) is 16.0. The van der Waals surface area contributed by atoms with Gasteiger partial charge in [-0.05, 0) is 39.3 Å². The van der Waals surface area contributed by atoms with Crippen molar-refractivity contribution in [2.75, 3.05) is 26.2 Å². The Balaban J connectivity index is 2.04. The minimum atomic E-state index is -2.75. The fourth-order valence-electron chi connectivity index (χ4n) is 3.69. The highest BCUT2D eigenvalue weighted by atomic mass is 19.3. The summed E-state index contributed by atoms with van der Waals surface area (Å²) in [6.45, 7) is 3.49. The van der Waals surface area contributed by atoms with Crippen LogP contribution < -0.4 is 5.32 Å². The second-order valence-electron chi connectivity index (χ2n) is 6.36. The van der Waals surface area contributed by atoms with Crippen molar-refractivity contribution in [2.45, 2.75) is 57.4 Å². The van der Waals surface area contributed by atoms with Crippen LogP contribution in [0.3, 0.4) is 0 Å². The van der Waals surface area contributed by atoms with Crippen LogP contribution in [-0.2, 0) is 0 Å². The Bertz CT molecular complexity index is 333. The quantitative estimate of drug-likeness (QED) is 0.802. The molecule has 0 aromatic heterocycles. The van der Waals surface area contributed by atoms with Crippen LogP contribution in [0.25, 0.3) is 0 Å².